The Morgan fingerprint density at radius 1 is 0.931 bits per heavy atom. The van der Waals surface area contributed by atoms with Crippen molar-refractivity contribution in [3.8, 4) is 17.2 Å². The molecule has 4 nitrogen and oxygen atoms in total. The van der Waals surface area contributed by atoms with E-state index in [0.29, 0.717) is 0 Å². The zero-order valence-corrected chi connectivity index (χ0v) is 19.3. The summed E-state index contributed by atoms with van der Waals surface area (Å²) in [6.45, 7) is 11.6. The first kappa shape index (κ1) is 19.5. The maximum absolute atomic E-state index is 5.60. The van der Waals surface area contributed by atoms with Gasteiger partial charge in [0.05, 0.1) is 27.8 Å². The second-order valence-corrected chi connectivity index (χ2v) is 13.6. The van der Waals surface area contributed by atoms with E-state index in [1.165, 1.54) is 33.0 Å². The fraction of sp³-hybridized carbons (Fsp3) is 0.292. The molecule has 0 aliphatic carbocycles. The Balaban J connectivity index is 2.23. The van der Waals surface area contributed by atoms with E-state index in [0.717, 1.165) is 22.4 Å². The first-order valence-corrected chi connectivity index (χ1v) is 13.4. The van der Waals surface area contributed by atoms with Gasteiger partial charge in [0, 0.05) is 28.0 Å². The van der Waals surface area contributed by atoms with Crippen LogP contribution in [0, 0.1) is 13.8 Å². The highest BCUT2D eigenvalue weighted by Gasteiger charge is 2.29. The lowest BCUT2D eigenvalue weighted by atomic mass is 10.1. The molecule has 0 saturated heterocycles. The van der Waals surface area contributed by atoms with Crippen molar-refractivity contribution in [2.24, 2.45) is 0 Å². The summed E-state index contributed by atoms with van der Waals surface area (Å²) < 4.78 is 13.5. The van der Waals surface area contributed by atoms with Gasteiger partial charge in [-0.15, -0.1) is 0 Å². The number of hydrogen-bond donors (Lipinski definition) is 0. The number of hydrogen-bond acceptors (Lipinski definition) is 3. The van der Waals surface area contributed by atoms with Gasteiger partial charge in [-0.3, -0.25) is 4.98 Å². The van der Waals surface area contributed by atoms with Gasteiger partial charge in [0.2, 0.25) is 0 Å². The molecule has 0 N–H and O–H groups in total. The van der Waals surface area contributed by atoms with Crippen LogP contribution in [0.3, 0.4) is 0 Å². The SMILES string of the molecule is COc1ccc(-n2c([Si](C)(C)C)c(C)c3cnc4c(OC)cccc4c32)c(C)c1. The highest BCUT2D eigenvalue weighted by atomic mass is 28.3. The van der Waals surface area contributed by atoms with Crippen molar-refractivity contribution < 1.29 is 9.47 Å². The molecule has 0 bridgehead atoms. The molecule has 29 heavy (non-hydrogen) atoms. The number of aryl methyl sites for hydroxylation is 2. The van der Waals surface area contributed by atoms with Crippen LogP contribution in [-0.2, 0) is 0 Å². The smallest absolute Gasteiger partial charge is 0.145 e. The second-order valence-electron chi connectivity index (χ2n) is 8.59. The molecule has 2 heterocycles. The number of rotatable bonds is 4. The van der Waals surface area contributed by atoms with Gasteiger partial charge < -0.3 is 14.0 Å². The first-order valence-electron chi connectivity index (χ1n) is 9.90. The molecular weight excluding hydrogens is 376 g/mol. The van der Waals surface area contributed by atoms with Crippen LogP contribution in [-0.4, -0.2) is 31.8 Å². The minimum absolute atomic E-state index is 0.802. The average Bonchev–Trinajstić information content (AvgIpc) is 3.00. The number of methoxy groups -OCH3 is 2. The maximum atomic E-state index is 5.60. The Bertz CT molecular complexity index is 1240. The summed E-state index contributed by atoms with van der Waals surface area (Å²) in [6, 6.07) is 12.5. The van der Waals surface area contributed by atoms with Gasteiger partial charge >= 0.3 is 0 Å². The van der Waals surface area contributed by atoms with Crippen molar-refractivity contribution >= 4 is 35.2 Å². The Hall–Kier alpha value is -2.79. The van der Waals surface area contributed by atoms with Crippen molar-refractivity contribution in [3.05, 3.63) is 53.7 Å². The van der Waals surface area contributed by atoms with Crippen molar-refractivity contribution in [2.45, 2.75) is 33.5 Å². The minimum Gasteiger partial charge on any atom is -0.497 e. The van der Waals surface area contributed by atoms with E-state index in [2.05, 4.69) is 56.3 Å². The molecule has 0 spiro atoms. The molecule has 0 atom stereocenters. The maximum Gasteiger partial charge on any atom is 0.145 e. The number of benzene rings is 2. The van der Waals surface area contributed by atoms with Gasteiger partial charge in [-0.2, -0.15) is 0 Å². The summed E-state index contributed by atoms with van der Waals surface area (Å²) in [7, 11) is 1.74. The largest absolute Gasteiger partial charge is 0.497 e. The summed E-state index contributed by atoms with van der Waals surface area (Å²) in [4.78, 5) is 4.78. The molecule has 0 aliphatic heterocycles. The zero-order chi connectivity index (χ0) is 20.9. The first-order chi connectivity index (χ1) is 13.8. The molecule has 0 saturated carbocycles. The van der Waals surface area contributed by atoms with Gasteiger partial charge in [0.25, 0.3) is 0 Å². The molecule has 0 amide bonds. The summed E-state index contributed by atoms with van der Waals surface area (Å²) in [5, 5.41) is 3.75. The standard InChI is InChI=1S/C24H28N2O2Si/c1-15-13-17(27-3)11-12-20(15)26-23-18-9-8-10-21(28-4)22(18)25-14-19(23)16(2)24(26)29(5,6)7/h8-14H,1-7H3. The van der Waals surface area contributed by atoms with Crippen molar-refractivity contribution in [3.63, 3.8) is 0 Å². The molecule has 4 rings (SSSR count). The molecular formula is C24H28N2O2Si. The van der Waals surface area contributed by atoms with Crippen LogP contribution < -0.4 is 14.8 Å². The fourth-order valence-corrected chi connectivity index (χ4v) is 6.58. The lowest BCUT2D eigenvalue weighted by Crippen LogP contribution is -2.44. The van der Waals surface area contributed by atoms with Crippen LogP contribution in [0.15, 0.2) is 42.6 Å². The van der Waals surface area contributed by atoms with E-state index >= 15 is 0 Å². The van der Waals surface area contributed by atoms with E-state index in [-0.39, 0.29) is 0 Å². The molecule has 150 valence electrons. The Morgan fingerprint density at radius 3 is 2.31 bits per heavy atom. The fourth-order valence-electron chi connectivity index (χ4n) is 4.41. The molecule has 0 unspecified atom stereocenters. The van der Waals surface area contributed by atoms with E-state index in [1.807, 2.05) is 24.4 Å². The van der Waals surface area contributed by atoms with E-state index in [1.54, 1.807) is 14.2 Å². The van der Waals surface area contributed by atoms with E-state index < -0.39 is 8.07 Å². The summed E-state index contributed by atoms with van der Waals surface area (Å²) >= 11 is 0. The minimum atomic E-state index is -1.67. The number of aromatic nitrogens is 2. The van der Waals surface area contributed by atoms with Crippen molar-refractivity contribution in [1.29, 1.82) is 0 Å². The lowest BCUT2D eigenvalue weighted by molar-refractivity contribution is 0.414. The average molecular weight is 405 g/mol. The molecule has 0 radical (unpaired) electrons. The Kier molecular flexibility index (Phi) is 4.66. The topological polar surface area (TPSA) is 36.3 Å². The monoisotopic (exact) mass is 404 g/mol. The van der Waals surface area contributed by atoms with Gasteiger partial charge in [-0.1, -0.05) is 31.8 Å². The Morgan fingerprint density at radius 2 is 1.69 bits per heavy atom. The zero-order valence-electron chi connectivity index (χ0n) is 18.3. The summed E-state index contributed by atoms with van der Waals surface area (Å²) in [5.74, 6) is 1.68. The van der Waals surface area contributed by atoms with Crippen LogP contribution in [0.1, 0.15) is 11.1 Å². The predicted molar refractivity (Wildman–Crippen MR) is 124 cm³/mol. The molecule has 2 aromatic carbocycles. The van der Waals surface area contributed by atoms with Crippen molar-refractivity contribution in [1.82, 2.24) is 9.55 Å². The van der Waals surface area contributed by atoms with E-state index in [9.17, 15) is 0 Å². The van der Waals surface area contributed by atoms with Gasteiger partial charge in [0.15, 0.2) is 0 Å². The molecule has 0 aliphatic rings. The van der Waals surface area contributed by atoms with Gasteiger partial charge in [-0.25, -0.2) is 0 Å². The number of ether oxygens (including phenoxy) is 2. The molecule has 5 heteroatoms. The van der Waals surface area contributed by atoms with Gasteiger partial charge in [-0.05, 0) is 49.2 Å². The highest BCUT2D eigenvalue weighted by molar-refractivity contribution is 6.89. The normalized spacial score (nSPS) is 12.0. The second kappa shape index (κ2) is 6.92. The van der Waals surface area contributed by atoms with E-state index in [4.69, 9.17) is 14.5 Å². The van der Waals surface area contributed by atoms with Crippen LogP contribution >= 0.6 is 0 Å². The Labute approximate surface area is 173 Å². The third kappa shape index (κ3) is 3.01. The highest BCUT2D eigenvalue weighted by Crippen LogP contribution is 2.35. The van der Waals surface area contributed by atoms with Crippen LogP contribution in [0.25, 0.3) is 27.5 Å². The molecule has 4 aromatic rings. The number of para-hydroxylation sites is 1. The van der Waals surface area contributed by atoms with Crippen LogP contribution in [0.4, 0.5) is 0 Å². The predicted octanol–water partition coefficient (Wildman–Crippen LogP) is 5.36. The number of pyridine rings is 1. The lowest BCUT2D eigenvalue weighted by Gasteiger charge is -2.23. The third-order valence-electron chi connectivity index (χ3n) is 5.61. The molecule has 2 aromatic heterocycles. The number of fused-ring (bicyclic) bond motifs is 3. The summed E-state index contributed by atoms with van der Waals surface area (Å²) in [5.41, 5.74) is 5.81. The molecule has 0 fully saturated rings. The van der Waals surface area contributed by atoms with Crippen LogP contribution in [0.5, 0.6) is 11.5 Å². The quantitative estimate of drug-likeness (QED) is 0.430. The third-order valence-corrected chi connectivity index (χ3v) is 7.63. The van der Waals surface area contributed by atoms with Gasteiger partial charge in [0.1, 0.15) is 17.0 Å². The van der Waals surface area contributed by atoms with Crippen LogP contribution in [0.2, 0.25) is 19.6 Å². The number of nitrogens with zero attached hydrogens (tertiary/aromatic N) is 2. The summed E-state index contributed by atoms with van der Waals surface area (Å²) in [6.07, 6.45) is 2.01. The van der Waals surface area contributed by atoms with Crippen molar-refractivity contribution in [2.75, 3.05) is 14.2 Å².